The van der Waals surface area contributed by atoms with E-state index in [2.05, 4.69) is 39.2 Å². The molecule has 0 unspecified atom stereocenters. The fourth-order valence-corrected chi connectivity index (χ4v) is 5.38. The lowest BCUT2D eigenvalue weighted by atomic mass is 9.98. The van der Waals surface area contributed by atoms with Gasteiger partial charge in [0.2, 0.25) is 5.91 Å². The number of hydrogen-bond donors (Lipinski definition) is 1. The van der Waals surface area contributed by atoms with Gasteiger partial charge in [0.1, 0.15) is 5.82 Å². The van der Waals surface area contributed by atoms with E-state index in [4.69, 9.17) is 0 Å². The summed E-state index contributed by atoms with van der Waals surface area (Å²) in [7, 11) is 0. The molecule has 3 aromatic rings. The number of thiophene rings is 2. The number of nitrogens with one attached hydrogen (secondary N) is 1. The smallest absolute Gasteiger partial charge is 0.234 e. The first-order chi connectivity index (χ1) is 13.2. The molecule has 6 heteroatoms. The van der Waals surface area contributed by atoms with Crippen molar-refractivity contribution < 1.29 is 9.18 Å². The van der Waals surface area contributed by atoms with E-state index in [0.717, 1.165) is 13.0 Å². The minimum Gasteiger partial charge on any atom is -0.355 e. The lowest BCUT2D eigenvalue weighted by Crippen LogP contribution is -2.42. The van der Waals surface area contributed by atoms with Gasteiger partial charge in [-0.3, -0.25) is 9.69 Å². The summed E-state index contributed by atoms with van der Waals surface area (Å²) in [5.74, 6) is -0.225. The third-order valence-corrected chi connectivity index (χ3v) is 6.82. The fraction of sp³-hybridized carbons (Fsp3) is 0.286. The zero-order chi connectivity index (χ0) is 18.6. The molecule has 4 rings (SSSR count). The largest absolute Gasteiger partial charge is 0.355 e. The van der Waals surface area contributed by atoms with Crippen molar-refractivity contribution in [3.05, 3.63) is 79.9 Å². The third kappa shape index (κ3) is 4.13. The molecule has 1 atom stereocenters. The van der Waals surface area contributed by atoms with Crippen LogP contribution in [0.1, 0.15) is 26.9 Å². The van der Waals surface area contributed by atoms with E-state index >= 15 is 0 Å². The molecule has 0 radical (unpaired) electrons. The van der Waals surface area contributed by atoms with Crippen molar-refractivity contribution in [2.75, 3.05) is 19.6 Å². The van der Waals surface area contributed by atoms with E-state index in [-0.39, 0.29) is 17.8 Å². The summed E-state index contributed by atoms with van der Waals surface area (Å²) in [6.45, 7) is 1.67. The first-order valence-corrected chi connectivity index (χ1v) is 10.8. The third-order valence-electron chi connectivity index (χ3n) is 4.90. The van der Waals surface area contributed by atoms with Gasteiger partial charge in [-0.1, -0.05) is 24.3 Å². The van der Waals surface area contributed by atoms with Crippen molar-refractivity contribution >= 4 is 28.6 Å². The molecule has 0 saturated heterocycles. The van der Waals surface area contributed by atoms with Crippen molar-refractivity contribution in [1.82, 2.24) is 10.2 Å². The summed E-state index contributed by atoms with van der Waals surface area (Å²) in [5.41, 5.74) is 1.96. The van der Waals surface area contributed by atoms with Crippen molar-refractivity contribution in [3.63, 3.8) is 0 Å². The number of benzene rings is 1. The first kappa shape index (κ1) is 18.3. The van der Waals surface area contributed by atoms with E-state index in [0.29, 0.717) is 25.1 Å². The van der Waals surface area contributed by atoms with Crippen LogP contribution in [0.2, 0.25) is 0 Å². The normalized spacial score (nSPS) is 16.9. The fourth-order valence-electron chi connectivity index (χ4n) is 3.60. The number of carbonyl (C=O) groups excluding carboxylic acids is 1. The van der Waals surface area contributed by atoms with Crippen molar-refractivity contribution in [2.45, 2.75) is 18.9 Å². The van der Waals surface area contributed by atoms with Crippen LogP contribution in [0.4, 0.5) is 4.39 Å². The Morgan fingerprint density at radius 1 is 1.15 bits per heavy atom. The Morgan fingerprint density at radius 2 is 2.04 bits per heavy atom. The molecular weight excluding hydrogens is 379 g/mol. The van der Waals surface area contributed by atoms with Crippen molar-refractivity contribution in [2.24, 2.45) is 0 Å². The SMILES string of the molecule is O=C(CN1CCc2sccc2[C@@H]1c1cccs1)NCCc1ccccc1F. The number of fused-ring (bicyclic) bond motifs is 1. The molecular formula is C21H21FN2OS2. The highest BCUT2D eigenvalue weighted by Crippen LogP contribution is 2.39. The summed E-state index contributed by atoms with van der Waals surface area (Å²) in [4.78, 5) is 17.5. The number of rotatable bonds is 6. The van der Waals surface area contributed by atoms with Gasteiger partial charge in [-0.15, -0.1) is 22.7 Å². The van der Waals surface area contributed by atoms with Crippen LogP contribution in [0.25, 0.3) is 0 Å². The Bertz CT molecular complexity index is 907. The number of amides is 1. The van der Waals surface area contributed by atoms with Gasteiger partial charge < -0.3 is 5.32 Å². The van der Waals surface area contributed by atoms with Gasteiger partial charge >= 0.3 is 0 Å². The number of carbonyl (C=O) groups is 1. The first-order valence-electron chi connectivity index (χ1n) is 9.06. The van der Waals surface area contributed by atoms with E-state index in [9.17, 15) is 9.18 Å². The molecule has 0 aliphatic carbocycles. The highest BCUT2D eigenvalue weighted by Gasteiger charge is 2.31. The Hall–Kier alpha value is -2.02. The maximum absolute atomic E-state index is 13.7. The van der Waals surface area contributed by atoms with Crippen LogP contribution in [-0.4, -0.2) is 30.4 Å². The summed E-state index contributed by atoms with van der Waals surface area (Å²) < 4.78 is 13.7. The lowest BCUT2D eigenvalue weighted by molar-refractivity contribution is -0.122. The average molecular weight is 401 g/mol. The molecule has 3 nitrogen and oxygen atoms in total. The molecule has 0 fully saturated rings. The molecule has 1 aliphatic rings. The summed E-state index contributed by atoms with van der Waals surface area (Å²) >= 11 is 3.54. The van der Waals surface area contributed by atoms with Crippen LogP contribution >= 0.6 is 22.7 Å². The van der Waals surface area contributed by atoms with Crippen molar-refractivity contribution in [1.29, 1.82) is 0 Å². The van der Waals surface area contributed by atoms with Gasteiger partial charge in [0, 0.05) is 22.8 Å². The maximum atomic E-state index is 13.7. The van der Waals surface area contributed by atoms with Crippen LogP contribution in [-0.2, 0) is 17.6 Å². The highest BCUT2D eigenvalue weighted by molar-refractivity contribution is 7.10. The zero-order valence-corrected chi connectivity index (χ0v) is 16.5. The summed E-state index contributed by atoms with van der Waals surface area (Å²) in [6.07, 6.45) is 1.48. The Balaban J connectivity index is 1.39. The molecule has 0 spiro atoms. The molecule has 1 aliphatic heterocycles. The second kappa shape index (κ2) is 8.33. The van der Waals surface area contributed by atoms with Gasteiger partial charge in [-0.2, -0.15) is 0 Å². The van der Waals surface area contributed by atoms with Crippen LogP contribution in [0.5, 0.6) is 0 Å². The second-order valence-electron chi connectivity index (χ2n) is 6.63. The van der Waals surface area contributed by atoms with Gasteiger partial charge in [0.15, 0.2) is 0 Å². The van der Waals surface area contributed by atoms with E-state index < -0.39 is 0 Å². The van der Waals surface area contributed by atoms with Gasteiger partial charge in [0.25, 0.3) is 0 Å². The quantitative estimate of drug-likeness (QED) is 0.671. The Labute approximate surface area is 166 Å². The Morgan fingerprint density at radius 3 is 2.85 bits per heavy atom. The van der Waals surface area contributed by atoms with Crippen LogP contribution in [0.15, 0.2) is 53.2 Å². The number of nitrogens with zero attached hydrogens (tertiary/aromatic N) is 1. The van der Waals surface area contributed by atoms with Crippen molar-refractivity contribution in [3.8, 4) is 0 Å². The maximum Gasteiger partial charge on any atom is 0.234 e. The van der Waals surface area contributed by atoms with E-state index in [1.54, 1.807) is 34.8 Å². The zero-order valence-electron chi connectivity index (χ0n) is 14.9. The molecule has 0 bridgehead atoms. The lowest BCUT2D eigenvalue weighted by Gasteiger charge is -2.34. The molecule has 1 amide bonds. The molecule has 3 heterocycles. The van der Waals surface area contributed by atoms with Crippen LogP contribution < -0.4 is 5.32 Å². The molecule has 2 aromatic heterocycles. The average Bonchev–Trinajstić information content (AvgIpc) is 3.34. The molecule has 1 N–H and O–H groups in total. The summed E-state index contributed by atoms with van der Waals surface area (Å²) in [6, 6.07) is 13.3. The molecule has 140 valence electrons. The van der Waals surface area contributed by atoms with Crippen LogP contribution in [0, 0.1) is 5.82 Å². The number of halogens is 1. The Kier molecular flexibility index (Phi) is 5.66. The minimum atomic E-state index is -0.217. The monoisotopic (exact) mass is 400 g/mol. The minimum absolute atomic E-state index is 0.00780. The molecule has 0 saturated carbocycles. The standard InChI is InChI=1S/C21H21FN2OS2/c22-17-5-2-1-4-15(17)7-10-23-20(25)14-24-11-8-18-16(9-13-27-18)21(24)19-6-3-12-26-19/h1-6,9,12-13,21H,7-8,10-11,14H2,(H,23,25)/t21-/m1/s1. The van der Waals surface area contributed by atoms with Gasteiger partial charge in [-0.05, 0) is 52.9 Å². The predicted octanol–water partition coefficient (Wildman–Crippen LogP) is 4.26. The molecule has 27 heavy (non-hydrogen) atoms. The summed E-state index contributed by atoms with van der Waals surface area (Å²) in [5, 5.41) is 7.18. The van der Waals surface area contributed by atoms with Gasteiger partial charge in [0.05, 0.1) is 12.6 Å². The second-order valence-corrected chi connectivity index (χ2v) is 8.61. The topological polar surface area (TPSA) is 32.3 Å². The van der Waals surface area contributed by atoms with E-state index in [1.165, 1.54) is 21.4 Å². The predicted molar refractivity (Wildman–Crippen MR) is 109 cm³/mol. The molecule has 1 aromatic carbocycles. The van der Waals surface area contributed by atoms with Gasteiger partial charge in [-0.25, -0.2) is 4.39 Å². The number of hydrogen-bond acceptors (Lipinski definition) is 4. The van der Waals surface area contributed by atoms with E-state index in [1.807, 2.05) is 6.07 Å². The van der Waals surface area contributed by atoms with Crippen LogP contribution in [0.3, 0.4) is 0 Å². The highest BCUT2D eigenvalue weighted by atomic mass is 32.1.